The molecule has 25 heavy (non-hydrogen) atoms. The summed E-state index contributed by atoms with van der Waals surface area (Å²) in [4.78, 5) is 14.6. The van der Waals surface area contributed by atoms with Gasteiger partial charge in [-0.25, -0.2) is 0 Å². The van der Waals surface area contributed by atoms with Crippen LogP contribution in [0, 0.1) is 0 Å². The highest BCUT2D eigenvalue weighted by atomic mass is 79.9. The van der Waals surface area contributed by atoms with Gasteiger partial charge in [0.1, 0.15) is 12.4 Å². The molecule has 0 radical (unpaired) electrons. The van der Waals surface area contributed by atoms with Crippen LogP contribution in [-0.2, 0) is 6.61 Å². The summed E-state index contributed by atoms with van der Waals surface area (Å²) in [5.41, 5.74) is 1.68. The van der Waals surface area contributed by atoms with Gasteiger partial charge >= 0.3 is 0 Å². The summed E-state index contributed by atoms with van der Waals surface area (Å²) < 4.78 is 6.95. The van der Waals surface area contributed by atoms with Gasteiger partial charge < -0.3 is 15.0 Å². The Bertz CT molecular complexity index is 703. The molecule has 4 nitrogen and oxygen atoms in total. The molecular weight excluding hydrogens is 404 g/mol. The van der Waals surface area contributed by atoms with Crippen molar-refractivity contribution in [2.45, 2.75) is 19.1 Å². The SMILES string of the molecule is CN(C(=O)c1ccccc1OCc1ccc(Br)cc1)C1CCNC1.Cl. The predicted octanol–water partition coefficient (Wildman–Crippen LogP) is 3.88. The number of amides is 1. The van der Waals surface area contributed by atoms with Crippen molar-refractivity contribution >= 4 is 34.2 Å². The van der Waals surface area contributed by atoms with Crippen molar-refractivity contribution < 1.29 is 9.53 Å². The number of nitrogens with zero attached hydrogens (tertiary/aromatic N) is 1. The van der Waals surface area contributed by atoms with Crippen LogP contribution < -0.4 is 10.1 Å². The summed E-state index contributed by atoms with van der Waals surface area (Å²) in [5.74, 6) is 0.637. The van der Waals surface area contributed by atoms with Crippen molar-refractivity contribution in [3.05, 3.63) is 64.1 Å². The molecule has 2 aromatic carbocycles. The molecule has 6 heteroatoms. The van der Waals surface area contributed by atoms with Gasteiger partial charge in [-0.3, -0.25) is 4.79 Å². The van der Waals surface area contributed by atoms with Gasteiger partial charge in [0.05, 0.1) is 5.56 Å². The Labute approximate surface area is 163 Å². The molecule has 0 spiro atoms. The zero-order valence-electron chi connectivity index (χ0n) is 14.1. The molecule has 134 valence electrons. The number of likely N-dealkylation sites (N-methyl/N-ethyl adjacent to an activating group) is 1. The number of carbonyl (C=O) groups is 1. The maximum atomic E-state index is 12.8. The van der Waals surface area contributed by atoms with Crippen molar-refractivity contribution in [3.63, 3.8) is 0 Å². The number of halogens is 2. The van der Waals surface area contributed by atoms with Crippen molar-refractivity contribution in [2.75, 3.05) is 20.1 Å². The molecule has 1 fully saturated rings. The molecule has 2 aromatic rings. The van der Waals surface area contributed by atoms with Gasteiger partial charge in [-0.05, 0) is 42.8 Å². The van der Waals surface area contributed by atoms with E-state index in [0.717, 1.165) is 29.5 Å². The van der Waals surface area contributed by atoms with Crippen molar-refractivity contribution in [1.82, 2.24) is 10.2 Å². The quantitative estimate of drug-likeness (QED) is 0.790. The van der Waals surface area contributed by atoms with E-state index in [1.807, 2.05) is 60.5 Å². The standard InChI is InChI=1S/C19H21BrN2O2.ClH/c1-22(16-10-11-21-12-16)19(23)17-4-2-3-5-18(17)24-13-14-6-8-15(20)9-7-14;/h2-9,16,21H,10-13H2,1H3;1H. The highest BCUT2D eigenvalue weighted by Crippen LogP contribution is 2.23. The molecule has 1 atom stereocenters. The molecule has 1 aliphatic rings. The Morgan fingerprint density at radius 3 is 2.64 bits per heavy atom. The number of benzene rings is 2. The fourth-order valence-electron chi connectivity index (χ4n) is 2.84. The van der Waals surface area contributed by atoms with E-state index in [4.69, 9.17) is 4.74 Å². The Morgan fingerprint density at radius 2 is 1.96 bits per heavy atom. The largest absolute Gasteiger partial charge is 0.488 e. The van der Waals surface area contributed by atoms with Crippen LogP contribution in [0.3, 0.4) is 0 Å². The van der Waals surface area contributed by atoms with E-state index in [-0.39, 0.29) is 24.4 Å². The third-order valence-electron chi connectivity index (χ3n) is 4.33. The fourth-order valence-corrected chi connectivity index (χ4v) is 3.10. The molecular formula is C19H22BrClN2O2. The Hall–Kier alpha value is -1.56. The molecule has 0 aliphatic carbocycles. The fraction of sp³-hybridized carbons (Fsp3) is 0.316. The minimum absolute atomic E-state index is 0. The van der Waals surface area contributed by atoms with Crippen molar-refractivity contribution in [2.24, 2.45) is 0 Å². The third-order valence-corrected chi connectivity index (χ3v) is 4.86. The molecule has 0 saturated carbocycles. The van der Waals surface area contributed by atoms with Crippen LogP contribution in [0.25, 0.3) is 0 Å². The topological polar surface area (TPSA) is 41.6 Å². The molecule has 1 unspecified atom stereocenters. The highest BCUT2D eigenvalue weighted by Gasteiger charge is 2.25. The van der Waals surface area contributed by atoms with Gasteiger partial charge in [0.2, 0.25) is 0 Å². The maximum absolute atomic E-state index is 12.8. The second-order valence-corrected chi connectivity index (χ2v) is 6.89. The van der Waals surface area contributed by atoms with E-state index in [0.29, 0.717) is 17.9 Å². The van der Waals surface area contributed by atoms with Gasteiger partial charge in [0, 0.05) is 24.1 Å². The van der Waals surface area contributed by atoms with E-state index in [9.17, 15) is 4.79 Å². The maximum Gasteiger partial charge on any atom is 0.257 e. The summed E-state index contributed by atoms with van der Waals surface area (Å²) in [6.07, 6.45) is 0.990. The molecule has 1 aliphatic heterocycles. The van der Waals surface area contributed by atoms with E-state index < -0.39 is 0 Å². The summed E-state index contributed by atoms with van der Waals surface area (Å²) >= 11 is 3.42. The van der Waals surface area contributed by atoms with Gasteiger partial charge in [-0.15, -0.1) is 12.4 Å². The monoisotopic (exact) mass is 424 g/mol. The molecule has 1 saturated heterocycles. The van der Waals surface area contributed by atoms with Gasteiger partial charge in [0.15, 0.2) is 0 Å². The first kappa shape index (κ1) is 19.8. The minimum Gasteiger partial charge on any atom is -0.488 e. The number of hydrogen-bond donors (Lipinski definition) is 1. The molecule has 1 amide bonds. The van der Waals surface area contributed by atoms with Crippen LogP contribution in [0.5, 0.6) is 5.75 Å². The van der Waals surface area contributed by atoms with Crippen LogP contribution in [0.1, 0.15) is 22.3 Å². The van der Waals surface area contributed by atoms with E-state index in [1.54, 1.807) is 0 Å². The van der Waals surface area contributed by atoms with E-state index in [2.05, 4.69) is 21.2 Å². The zero-order valence-corrected chi connectivity index (χ0v) is 16.5. The highest BCUT2D eigenvalue weighted by molar-refractivity contribution is 9.10. The molecule has 3 rings (SSSR count). The Morgan fingerprint density at radius 1 is 1.24 bits per heavy atom. The second kappa shape index (κ2) is 9.22. The molecule has 1 heterocycles. The van der Waals surface area contributed by atoms with Crippen LogP contribution >= 0.6 is 28.3 Å². The molecule has 0 aromatic heterocycles. The molecule has 0 bridgehead atoms. The van der Waals surface area contributed by atoms with Gasteiger partial charge in [-0.1, -0.05) is 40.2 Å². The van der Waals surface area contributed by atoms with Crippen LogP contribution in [0.15, 0.2) is 53.0 Å². The normalized spacial score (nSPS) is 16.2. The Kier molecular flexibility index (Phi) is 7.29. The first-order valence-electron chi connectivity index (χ1n) is 8.09. The van der Waals surface area contributed by atoms with Crippen LogP contribution in [0.4, 0.5) is 0 Å². The number of nitrogens with one attached hydrogen (secondary N) is 1. The van der Waals surface area contributed by atoms with Crippen molar-refractivity contribution in [1.29, 1.82) is 0 Å². The smallest absolute Gasteiger partial charge is 0.257 e. The lowest BCUT2D eigenvalue weighted by atomic mass is 10.1. The first-order chi connectivity index (χ1) is 11.6. The lowest BCUT2D eigenvalue weighted by Gasteiger charge is -2.24. The summed E-state index contributed by atoms with van der Waals surface area (Å²) in [6.45, 7) is 2.25. The number of rotatable bonds is 5. The summed E-state index contributed by atoms with van der Waals surface area (Å²) in [6, 6.07) is 15.7. The first-order valence-corrected chi connectivity index (χ1v) is 8.88. The van der Waals surface area contributed by atoms with E-state index in [1.165, 1.54) is 0 Å². The Balaban J connectivity index is 0.00000225. The number of ether oxygens (including phenoxy) is 1. The second-order valence-electron chi connectivity index (χ2n) is 5.97. The lowest BCUT2D eigenvalue weighted by Crippen LogP contribution is -2.38. The summed E-state index contributed by atoms with van der Waals surface area (Å²) in [7, 11) is 1.87. The van der Waals surface area contributed by atoms with Gasteiger partial charge in [-0.2, -0.15) is 0 Å². The lowest BCUT2D eigenvalue weighted by molar-refractivity contribution is 0.0739. The average Bonchev–Trinajstić information content (AvgIpc) is 3.15. The average molecular weight is 426 g/mol. The number of carbonyl (C=O) groups excluding carboxylic acids is 1. The third kappa shape index (κ3) is 4.97. The number of para-hydroxylation sites is 1. The van der Waals surface area contributed by atoms with Gasteiger partial charge in [0.25, 0.3) is 5.91 Å². The van der Waals surface area contributed by atoms with E-state index >= 15 is 0 Å². The minimum atomic E-state index is 0. The van der Waals surface area contributed by atoms with Crippen molar-refractivity contribution in [3.8, 4) is 5.75 Å². The predicted molar refractivity (Wildman–Crippen MR) is 106 cm³/mol. The van der Waals surface area contributed by atoms with Crippen LogP contribution in [0.2, 0.25) is 0 Å². The number of hydrogen-bond acceptors (Lipinski definition) is 3. The zero-order chi connectivity index (χ0) is 16.9. The summed E-state index contributed by atoms with van der Waals surface area (Å²) in [5, 5.41) is 3.30. The van der Waals surface area contributed by atoms with Crippen LogP contribution in [-0.4, -0.2) is 37.0 Å². The molecule has 1 N–H and O–H groups in total.